The number of benzene rings is 2. The number of hydrogen-bond donors (Lipinski definition) is 1. The molecule has 0 aliphatic rings. The van der Waals surface area contributed by atoms with Crippen LogP contribution in [-0.2, 0) is 6.54 Å². The highest BCUT2D eigenvalue weighted by atomic mass is 79.9. The molecule has 108 valence electrons. The molecule has 0 spiro atoms. The third kappa shape index (κ3) is 3.85. The molecule has 0 unspecified atom stereocenters. The predicted molar refractivity (Wildman–Crippen MR) is 78.4 cm³/mol. The average Bonchev–Trinajstić information content (AvgIpc) is 2.45. The number of carbonyl (C=O) groups is 1. The number of rotatable bonds is 4. The van der Waals surface area contributed by atoms with E-state index >= 15 is 0 Å². The van der Waals surface area contributed by atoms with E-state index in [-0.39, 0.29) is 12.2 Å². The van der Waals surface area contributed by atoms with Gasteiger partial charge >= 0.3 is 0 Å². The summed E-state index contributed by atoms with van der Waals surface area (Å²) in [6, 6.07) is 9.74. The molecular weight excluding hydrogens is 343 g/mol. The third-order valence-corrected chi connectivity index (χ3v) is 3.41. The number of halogens is 2. The van der Waals surface area contributed by atoms with Crippen LogP contribution in [0.3, 0.4) is 0 Å². The normalized spacial score (nSPS) is 10.2. The molecule has 0 aromatic heterocycles. The summed E-state index contributed by atoms with van der Waals surface area (Å²) < 4.78 is 13.3. The molecule has 1 amide bonds. The fraction of sp³-hybridized carbons (Fsp3) is 0.0714. The number of nitrogens with one attached hydrogen (secondary N) is 1. The molecule has 0 fully saturated rings. The fourth-order valence-electron chi connectivity index (χ4n) is 1.73. The number of nitro benzene ring substituents is 1. The summed E-state index contributed by atoms with van der Waals surface area (Å²) in [5, 5.41) is 13.3. The van der Waals surface area contributed by atoms with Crippen molar-refractivity contribution in [3.8, 4) is 0 Å². The lowest BCUT2D eigenvalue weighted by molar-refractivity contribution is -0.384. The van der Waals surface area contributed by atoms with Crippen LogP contribution in [0, 0.1) is 15.9 Å². The predicted octanol–water partition coefficient (Wildman–Crippen LogP) is 3.43. The Labute approximate surface area is 128 Å². The number of amides is 1. The van der Waals surface area contributed by atoms with E-state index in [1.165, 1.54) is 30.3 Å². The number of hydrogen-bond acceptors (Lipinski definition) is 3. The first-order valence-corrected chi connectivity index (χ1v) is 6.73. The van der Waals surface area contributed by atoms with Crippen molar-refractivity contribution < 1.29 is 14.1 Å². The Morgan fingerprint density at radius 3 is 2.71 bits per heavy atom. The molecule has 2 rings (SSSR count). The highest BCUT2D eigenvalue weighted by Gasteiger charge is 2.11. The molecule has 5 nitrogen and oxygen atoms in total. The van der Waals surface area contributed by atoms with Gasteiger partial charge in [-0.3, -0.25) is 14.9 Å². The van der Waals surface area contributed by atoms with Crippen molar-refractivity contribution in [2.75, 3.05) is 0 Å². The summed E-state index contributed by atoms with van der Waals surface area (Å²) in [7, 11) is 0. The zero-order valence-electron chi connectivity index (χ0n) is 10.7. The van der Waals surface area contributed by atoms with Gasteiger partial charge in [0.05, 0.1) is 10.5 Å². The van der Waals surface area contributed by atoms with Gasteiger partial charge in [0.15, 0.2) is 0 Å². The first kappa shape index (κ1) is 15.1. The maximum absolute atomic E-state index is 13.0. The minimum absolute atomic E-state index is 0.0373. The molecule has 2 aromatic carbocycles. The molecule has 2 aromatic rings. The zero-order valence-corrected chi connectivity index (χ0v) is 12.3. The molecule has 7 heteroatoms. The van der Waals surface area contributed by atoms with E-state index in [9.17, 15) is 19.3 Å². The van der Waals surface area contributed by atoms with Crippen molar-refractivity contribution in [2.45, 2.75) is 6.54 Å². The van der Waals surface area contributed by atoms with Gasteiger partial charge in [-0.1, -0.05) is 12.1 Å². The maximum atomic E-state index is 13.0. The molecular formula is C14H10BrFN2O3. The highest BCUT2D eigenvalue weighted by molar-refractivity contribution is 9.10. The Morgan fingerprint density at radius 2 is 2.05 bits per heavy atom. The second-order valence-corrected chi connectivity index (χ2v) is 5.09. The molecule has 1 N–H and O–H groups in total. The van der Waals surface area contributed by atoms with Crippen LogP contribution in [0.5, 0.6) is 0 Å². The number of nitrogens with zero attached hydrogens (tertiary/aromatic N) is 1. The van der Waals surface area contributed by atoms with Gasteiger partial charge in [-0.2, -0.15) is 0 Å². The monoisotopic (exact) mass is 352 g/mol. The highest BCUT2D eigenvalue weighted by Crippen LogP contribution is 2.18. The Morgan fingerprint density at radius 1 is 1.29 bits per heavy atom. The molecule has 0 radical (unpaired) electrons. The van der Waals surface area contributed by atoms with Crippen molar-refractivity contribution >= 4 is 27.5 Å². The van der Waals surface area contributed by atoms with Crippen molar-refractivity contribution in [3.63, 3.8) is 0 Å². The smallest absolute Gasteiger partial charge is 0.269 e. The van der Waals surface area contributed by atoms with Crippen LogP contribution < -0.4 is 5.32 Å². The second-order valence-electron chi connectivity index (χ2n) is 4.23. The van der Waals surface area contributed by atoms with Gasteiger partial charge in [-0.05, 0) is 39.7 Å². The van der Waals surface area contributed by atoms with Crippen LogP contribution in [0.15, 0.2) is 46.9 Å². The van der Waals surface area contributed by atoms with Crippen molar-refractivity contribution in [3.05, 3.63) is 74.0 Å². The Bertz CT molecular complexity index is 706. The fourth-order valence-corrected chi connectivity index (χ4v) is 2.26. The lowest BCUT2D eigenvalue weighted by Crippen LogP contribution is -2.23. The molecule has 0 aliphatic heterocycles. The maximum Gasteiger partial charge on any atom is 0.269 e. The molecule has 0 atom stereocenters. The standard InChI is InChI=1S/C14H10BrFN2O3/c15-13-7-10(16)4-5-12(13)14(19)17-8-9-2-1-3-11(6-9)18(20)21/h1-7H,8H2,(H,17,19). The first-order chi connectivity index (χ1) is 9.97. The van der Waals surface area contributed by atoms with Gasteiger partial charge in [-0.15, -0.1) is 0 Å². The van der Waals surface area contributed by atoms with Gasteiger partial charge in [-0.25, -0.2) is 4.39 Å². The SMILES string of the molecule is O=C(NCc1cccc([N+](=O)[O-])c1)c1ccc(F)cc1Br. The van der Waals surface area contributed by atoms with Crippen LogP contribution in [0.1, 0.15) is 15.9 Å². The summed E-state index contributed by atoms with van der Waals surface area (Å²) in [6.45, 7) is 0.143. The summed E-state index contributed by atoms with van der Waals surface area (Å²) in [6.07, 6.45) is 0. The minimum atomic E-state index is -0.498. The van der Waals surface area contributed by atoms with Gasteiger partial charge in [0.25, 0.3) is 11.6 Å². The molecule has 0 saturated heterocycles. The summed E-state index contributed by atoms with van der Waals surface area (Å²) in [5.41, 5.74) is 0.863. The number of non-ortho nitro benzene ring substituents is 1. The summed E-state index contributed by atoms with van der Waals surface area (Å²) in [4.78, 5) is 22.1. The minimum Gasteiger partial charge on any atom is -0.348 e. The Balaban J connectivity index is 2.07. The van der Waals surface area contributed by atoms with Crippen molar-refractivity contribution in [1.82, 2.24) is 5.32 Å². The second kappa shape index (κ2) is 6.45. The third-order valence-electron chi connectivity index (χ3n) is 2.75. The van der Waals surface area contributed by atoms with E-state index in [0.29, 0.717) is 15.6 Å². The van der Waals surface area contributed by atoms with Gasteiger partial charge < -0.3 is 5.32 Å². The molecule has 0 aliphatic carbocycles. The lowest BCUT2D eigenvalue weighted by atomic mass is 10.1. The summed E-state index contributed by atoms with van der Waals surface area (Å²) in [5.74, 6) is -0.842. The van der Waals surface area contributed by atoms with Gasteiger partial charge in [0.2, 0.25) is 0 Å². The lowest BCUT2D eigenvalue weighted by Gasteiger charge is -2.07. The topological polar surface area (TPSA) is 72.2 Å². The van der Waals surface area contributed by atoms with E-state index in [1.807, 2.05) is 0 Å². The van der Waals surface area contributed by atoms with Gasteiger partial charge in [0, 0.05) is 23.2 Å². The van der Waals surface area contributed by atoms with E-state index in [1.54, 1.807) is 12.1 Å². The number of carbonyl (C=O) groups excluding carboxylic acids is 1. The van der Waals surface area contributed by atoms with E-state index in [4.69, 9.17) is 0 Å². The van der Waals surface area contributed by atoms with Crippen LogP contribution in [0.2, 0.25) is 0 Å². The van der Waals surface area contributed by atoms with Crippen LogP contribution in [-0.4, -0.2) is 10.8 Å². The van der Waals surface area contributed by atoms with E-state index in [0.717, 1.165) is 0 Å². The van der Waals surface area contributed by atoms with E-state index < -0.39 is 16.6 Å². The van der Waals surface area contributed by atoms with Crippen LogP contribution in [0.4, 0.5) is 10.1 Å². The quantitative estimate of drug-likeness (QED) is 0.676. The molecule has 0 saturated carbocycles. The van der Waals surface area contributed by atoms with Crippen molar-refractivity contribution in [2.24, 2.45) is 0 Å². The molecule has 0 heterocycles. The van der Waals surface area contributed by atoms with E-state index in [2.05, 4.69) is 21.2 Å². The van der Waals surface area contributed by atoms with Crippen molar-refractivity contribution in [1.29, 1.82) is 0 Å². The average molecular weight is 353 g/mol. The summed E-state index contributed by atoms with van der Waals surface area (Å²) >= 11 is 3.11. The molecule has 0 bridgehead atoms. The molecule has 21 heavy (non-hydrogen) atoms. The van der Waals surface area contributed by atoms with Crippen LogP contribution in [0.25, 0.3) is 0 Å². The Kier molecular flexibility index (Phi) is 4.64. The Hall–Kier alpha value is -2.28. The first-order valence-electron chi connectivity index (χ1n) is 5.94. The number of nitro groups is 1. The largest absolute Gasteiger partial charge is 0.348 e. The zero-order chi connectivity index (χ0) is 15.4. The van der Waals surface area contributed by atoms with Gasteiger partial charge in [0.1, 0.15) is 5.82 Å². The van der Waals surface area contributed by atoms with Crippen LogP contribution >= 0.6 is 15.9 Å².